The maximum absolute atomic E-state index is 11.2. The van der Waals surface area contributed by atoms with Crippen molar-refractivity contribution in [3.8, 4) is 0 Å². The van der Waals surface area contributed by atoms with Gasteiger partial charge in [-0.05, 0) is 11.8 Å². The van der Waals surface area contributed by atoms with E-state index in [9.17, 15) is 4.79 Å². The molecule has 0 aromatic heterocycles. The number of thioether (sulfide) groups is 1. The molecule has 0 bridgehead atoms. The molecular formula is C12H18N2OS. The van der Waals surface area contributed by atoms with E-state index in [-0.39, 0.29) is 11.9 Å². The summed E-state index contributed by atoms with van der Waals surface area (Å²) in [6, 6.07) is 10.4. The van der Waals surface area contributed by atoms with Gasteiger partial charge < -0.3 is 10.6 Å². The summed E-state index contributed by atoms with van der Waals surface area (Å²) in [5.74, 6) is 0.975. The maximum Gasteiger partial charge on any atom is 0.233 e. The van der Waals surface area contributed by atoms with E-state index in [0.717, 1.165) is 5.75 Å². The molecule has 4 heteroatoms. The Balaban J connectivity index is 2.57. The van der Waals surface area contributed by atoms with E-state index >= 15 is 0 Å². The van der Waals surface area contributed by atoms with Crippen molar-refractivity contribution in [2.45, 2.75) is 6.04 Å². The zero-order valence-electron chi connectivity index (χ0n) is 9.69. The predicted molar refractivity (Wildman–Crippen MR) is 69.6 cm³/mol. The van der Waals surface area contributed by atoms with Gasteiger partial charge in [-0.1, -0.05) is 30.3 Å². The van der Waals surface area contributed by atoms with E-state index in [1.54, 1.807) is 18.8 Å². The van der Waals surface area contributed by atoms with Crippen LogP contribution in [0.4, 0.5) is 0 Å². The molecule has 0 radical (unpaired) electrons. The van der Waals surface area contributed by atoms with Gasteiger partial charge in [-0.2, -0.15) is 11.8 Å². The highest BCUT2D eigenvalue weighted by molar-refractivity contribution is 7.98. The minimum atomic E-state index is 0.0158. The number of carbonyl (C=O) groups is 1. The monoisotopic (exact) mass is 238 g/mol. The molecular weight excluding hydrogens is 220 g/mol. The van der Waals surface area contributed by atoms with Crippen LogP contribution in [-0.4, -0.2) is 31.5 Å². The summed E-state index contributed by atoms with van der Waals surface area (Å²) in [7, 11) is 1.65. The van der Waals surface area contributed by atoms with Crippen LogP contribution in [0.15, 0.2) is 30.3 Å². The largest absolute Gasteiger partial charge is 0.358 e. The highest BCUT2D eigenvalue weighted by Crippen LogP contribution is 2.16. The lowest BCUT2D eigenvalue weighted by Crippen LogP contribution is -2.34. The van der Waals surface area contributed by atoms with Gasteiger partial charge in [0.05, 0.1) is 6.54 Å². The van der Waals surface area contributed by atoms with Crippen molar-refractivity contribution in [2.75, 3.05) is 25.6 Å². The minimum Gasteiger partial charge on any atom is -0.358 e. The molecule has 0 heterocycles. The van der Waals surface area contributed by atoms with E-state index in [1.807, 2.05) is 18.2 Å². The third-order valence-corrected chi connectivity index (χ3v) is 2.99. The molecule has 1 unspecified atom stereocenters. The van der Waals surface area contributed by atoms with Gasteiger partial charge in [-0.15, -0.1) is 0 Å². The molecule has 2 N–H and O–H groups in total. The second kappa shape index (κ2) is 7.30. The number of nitrogens with one attached hydrogen (secondary N) is 2. The van der Waals surface area contributed by atoms with Gasteiger partial charge in [-0.3, -0.25) is 4.79 Å². The minimum absolute atomic E-state index is 0.0158. The predicted octanol–water partition coefficient (Wildman–Crippen LogP) is 1.43. The van der Waals surface area contributed by atoms with Gasteiger partial charge in [0.2, 0.25) is 5.91 Å². The van der Waals surface area contributed by atoms with Crippen LogP contribution < -0.4 is 10.6 Å². The normalized spacial score (nSPS) is 12.1. The molecule has 0 aliphatic carbocycles. The zero-order chi connectivity index (χ0) is 11.8. The smallest absolute Gasteiger partial charge is 0.233 e. The summed E-state index contributed by atoms with van der Waals surface area (Å²) in [6.45, 7) is 0.358. The molecule has 0 saturated heterocycles. The number of likely N-dealkylation sites (N-methyl/N-ethyl adjacent to an activating group) is 1. The van der Waals surface area contributed by atoms with Crippen LogP contribution in [0.1, 0.15) is 11.6 Å². The van der Waals surface area contributed by atoms with Crippen molar-refractivity contribution >= 4 is 17.7 Å². The first kappa shape index (κ1) is 13.1. The van der Waals surface area contributed by atoms with Crippen LogP contribution in [0, 0.1) is 0 Å². The van der Waals surface area contributed by atoms with Crippen LogP contribution in [-0.2, 0) is 4.79 Å². The van der Waals surface area contributed by atoms with Gasteiger partial charge in [0.15, 0.2) is 0 Å². The molecule has 16 heavy (non-hydrogen) atoms. The Kier molecular flexibility index (Phi) is 5.96. The van der Waals surface area contributed by atoms with Crippen molar-refractivity contribution in [3.63, 3.8) is 0 Å². The number of benzene rings is 1. The summed E-state index contributed by atoms with van der Waals surface area (Å²) in [4.78, 5) is 11.2. The summed E-state index contributed by atoms with van der Waals surface area (Å²) in [5.41, 5.74) is 1.22. The number of carbonyl (C=O) groups excluding carboxylic acids is 1. The van der Waals surface area contributed by atoms with E-state index in [1.165, 1.54) is 5.56 Å². The average molecular weight is 238 g/mol. The summed E-state index contributed by atoms with van der Waals surface area (Å²) in [6.07, 6.45) is 2.07. The molecule has 0 aliphatic rings. The third kappa shape index (κ3) is 4.24. The van der Waals surface area contributed by atoms with Gasteiger partial charge in [0.25, 0.3) is 0 Å². The molecule has 1 aromatic carbocycles. The Morgan fingerprint density at radius 2 is 2.06 bits per heavy atom. The van der Waals surface area contributed by atoms with Crippen LogP contribution in [0.2, 0.25) is 0 Å². The zero-order valence-corrected chi connectivity index (χ0v) is 10.5. The number of amides is 1. The van der Waals surface area contributed by atoms with Crippen LogP contribution in [0.5, 0.6) is 0 Å². The molecule has 0 saturated carbocycles. The lowest BCUT2D eigenvalue weighted by atomic mass is 10.1. The summed E-state index contributed by atoms with van der Waals surface area (Å²) >= 11 is 1.77. The van der Waals surface area contributed by atoms with Crippen molar-refractivity contribution in [1.29, 1.82) is 0 Å². The highest BCUT2D eigenvalue weighted by Gasteiger charge is 2.10. The second-order valence-corrected chi connectivity index (χ2v) is 4.38. The second-order valence-electron chi connectivity index (χ2n) is 3.47. The van der Waals surface area contributed by atoms with E-state index in [0.29, 0.717) is 6.54 Å². The number of hydrogen-bond acceptors (Lipinski definition) is 3. The standard InChI is InChI=1S/C12H18N2OS/c1-13-12(15)8-14-11(9-16-2)10-6-4-3-5-7-10/h3-7,11,14H,8-9H2,1-2H3,(H,13,15). The van der Waals surface area contributed by atoms with E-state index < -0.39 is 0 Å². The molecule has 0 spiro atoms. The highest BCUT2D eigenvalue weighted by atomic mass is 32.2. The topological polar surface area (TPSA) is 41.1 Å². The molecule has 1 amide bonds. The SMILES string of the molecule is CNC(=O)CNC(CSC)c1ccccc1. The number of rotatable bonds is 6. The van der Waals surface area contributed by atoms with Crippen molar-refractivity contribution < 1.29 is 4.79 Å². The lowest BCUT2D eigenvalue weighted by molar-refractivity contribution is -0.119. The molecule has 1 atom stereocenters. The van der Waals surface area contributed by atoms with Crippen molar-refractivity contribution in [1.82, 2.24) is 10.6 Å². The van der Waals surface area contributed by atoms with E-state index in [4.69, 9.17) is 0 Å². The Morgan fingerprint density at radius 3 is 2.62 bits per heavy atom. The Labute approximate surface area is 101 Å². The first-order chi connectivity index (χ1) is 7.77. The van der Waals surface area contributed by atoms with Gasteiger partial charge in [0.1, 0.15) is 0 Å². The number of hydrogen-bond donors (Lipinski definition) is 2. The first-order valence-electron chi connectivity index (χ1n) is 5.25. The Bertz CT molecular complexity index is 316. The van der Waals surface area contributed by atoms with Crippen molar-refractivity contribution in [3.05, 3.63) is 35.9 Å². The summed E-state index contributed by atoms with van der Waals surface area (Å²) in [5, 5.41) is 5.86. The molecule has 88 valence electrons. The van der Waals surface area contributed by atoms with Gasteiger partial charge >= 0.3 is 0 Å². The molecule has 0 fully saturated rings. The van der Waals surface area contributed by atoms with Crippen LogP contribution in [0.25, 0.3) is 0 Å². The molecule has 3 nitrogen and oxygen atoms in total. The fraction of sp³-hybridized carbons (Fsp3) is 0.417. The Morgan fingerprint density at radius 1 is 1.38 bits per heavy atom. The first-order valence-corrected chi connectivity index (χ1v) is 6.65. The van der Waals surface area contributed by atoms with E-state index in [2.05, 4.69) is 29.0 Å². The molecule has 1 rings (SSSR count). The quantitative estimate of drug-likeness (QED) is 0.787. The van der Waals surface area contributed by atoms with Gasteiger partial charge in [0, 0.05) is 18.8 Å². The fourth-order valence-corrected chi connectivity index (χ4v) is 2.07. The summed E-state index contributed by atoms with van der Waals surface area (Å²) < 4.78 is 0. The van der Waals surface area contributed by atoms with Gasteiger partial charge in [-0.25, -0.2) is 0 Å². The molecule has 1 aromatic rings. The van der Waals surface area contributed by atoms with Crippen LogP contribution >= 0.6 is 11.8 Å². The maximum atomic E-state index is 11.2. The fourth-order valence-electron chi connectivity index (χ4n) is 1.43. The molecule has 0 aliphatic heterocycles. The van der Waals surface area contributed by atoms with Crippen molar-refractivity contribution in [2.24, 2.45) is 0 Å². The Hall–Kier alpha value is -1.00. The average Bonchev–Trinajstić information content (AvgIpc) is 2.35. The lowest BCUT2D eigenvalue weighted by Gasteiger charge is -2.17. The van der Waals surface area contributed by atoms with Crippen LogP contribution in [0.3, 0.4) is 0 Å². The third-order valence-electron chi connectivity index (χ3n) is 2.32.